The number of nitriles is 1. The molecule has 8 atom stereocenters. The number of ether oxygens (including phenoxy) is 2. The SMILES string of the molecule is N#C[C@]1(c2ccc3c(N)ncnn23)C[C@H](O)[C@@H](COP(=O)(O)OC[C@H]2O[C@@H]([n+]3cccc(C(N)=O)c3)[C@H](O)[C@@H]2O)O1. The number of hydrogen-bond donors (Lipinski definition) is 6. The van der Waals surface area contributed by atoms with E-state index >= 15 is 0 Å². The summed E-state index contributed by atoms with van der Waals surface area (Å²) in [5.41, 5.74) is 10.3. The number of anilines is 1. The van der Waals surface area contributed by atoms with Gasteiger partial charge in [0.05, 0.1) is 25.0 Å². The molecule has 18 heteroatoms. The lowest BCUT2D eigenvalue weighted by atomic mass is 9.96. The molecule has 0 spiro atoms. The van der Waals surface area contributed by atoms with Crippen LogP contribution in [0.1, 0.15) is 28.7 Å². The molecule has 218 valence electrons. The van der Waals surface area contributed by atoms with E-state index in [4.69, 9.17) is 30.0 Å². The Balaban J connectivity index is 1.20. The van der Waals surface area contributed by atoms with E-state index in [0.29, 0.717) is 5.52 Å². The first-order chi connectivity index (χ1) is 19.4. The number of rotatable bonds is 9. The number of hydrogen-bond acceptors (Lipinski definition) is 13. The Morgan fingerprint density at radius 2 is 1.98 bits per heavy atom. The minimum absolute atomic E-state index is 0.130. The van der Waals surface area contributed by atoms with Crippen LogP contribution in [-0.2, 0) is 28.7 Å². The summed E-state index contributed by atoms with van der Waals surface area (Å²) < 4.78 is 36.7. The summed E-state index contributed by atoms with van der Waals surface area (Å²) in [4.78, 5) is 25.6. The molecule has 1 unspecified atom stereocenters. The normalized spacial score (nSPS) is 31.2. The van der Waals surface area contributed by atoms with E-state index < -0.39 is 69.3 Å². The van der Waals surface area contributed by atoms with Gasteiger partial charge in [0.1, 0.15) is 41.8 Å². The number of fused-ring (bicyclic) bond motifs is 1. The average Bonchev–Trinajstić information content (AvgIpc) is 3.61. The van der Waals surface area contributed by atoms with E-state index in [9.17, 15) is 34.8 Å². The molecule has 5 heterocycles. The topological polar surface area (TPSA) is 262 Å². The fourth-order valence-corrected chi connectivity index (χ4v) is 5.54. The van der Waals surface area contributed by atoms with Crippen LogP contribution in [0, 0.1) is 11.3 Å². The molecule has 2 saturated heterocycles. The highest BCUT2D eigenvalue weighted by Crippen LogP contribution is 2.46. The van der Waals surface area contributed by atoms with Gasteiger partial charge in [0.2, 0.25) is 0 Å². The van der Waals surface area contributed by atoms with Gasteiger partial charge in [-0.15, -0.1) is 0 Å². The van der Waals surface area contributed by atoms with Crippen molar-refractivity contribution >= 4 is 25.1 Å². The lowest BCUT2D eigenvalue weighted by molar-refractivity contribution is -0.765. The van der Waals surface area contributed by atoms with E-state index in [1.165, 1.54) is 39.9 Å². The summed E-state index contributed by atoms with van der Waals surface area (Å²) in [6.07, 6.45) is -4.05. The van der Waals surface area contributed by atoms with Crippen molar-refractivity contribution < 1.29 is 52.7 Å². The van der Waals surface area contributed by atoms with Gasteiger partial charge < -0.3 is 41.2 Å². The van der Waals surface area contributed by atoms with Crippen LogP contribution in [0.4, 0.5) is 5.82 Å². The zero-order valence-corrected chi connectivity index (χ0v) is 22.1. The molecule has 8 N–H and O–H groups in total. The number of phosphoric ester groups is 1. The van der Waals surface area contributed by atoms with E-state index in [2.05, 4.69) is 10.1 Å². The van der Waals surface area contributed by atoms with Gasteiger partial charge >= 0.3 is 7.82 Å². The number of aliphatic hydroxyl groups is 3. The van der Waals surface area contributed by atoms with Crippen LogP contribution in [0.25, 0.3) is 5.52 Å². The first kappa shape index (κ1) is 29.0. The van der Waals surface area contributed by atoms with Crippen LogP contribution in [0.5, 0.6) is 0 Å². The lowest BCUT2D eigenvalue weighted by Crippen LogP contribution is -2.46. The van der Waals surface area contributed by atoms with Crippen molar-refractivity contribution in [3.8, 4) is 6.07 Å². The number of aromatic nitrogens is 4. The molecule has 3 aromatic heterocycles. The molecule has 5 rings (SSSR count). The Labute approximate surface area is 231 Å². The number of phosphoric acid groups is 1. The largest absolute Gasteiger partial charge is 0.472 e. The highest BCUT2D eigenvalue weighted by Gasteiger charge is 2.51. The summed E-state index contributed by atoms with van der Waals surface area (Å²) in [7, 11) is -4.80. The molecule has 0 radical (unpaired) electrons. The maximum absolute atomic E-state index is 12.6. The molecule has 1 amide bonds. The first-order valence-corrected chi connectivity index (χ1v) is 13.7. The van der Waals surface area contributed by atoms with E-state index in [-0.39, 0.29) is 23.5 Å². The number of carbonyl (C=O) groups is 1. The van der Waals surface area contributed by atoms with Crippen LogP contribution < -0.4 is 16.0 Å². The quantitative estimate of drug-likeness (QED) is 0.116. The van der Waals surface area contributed by atoms with Crippen molar-refractivity contribution in [2.45, 2.75) is 48.8 Å². The van der Waals surface area contributed by atoms with Gasteiger partial charge in [-0.25, -0.2) is 14.1 Å². The predicted octanol–water partition coefficient (Wildman–Crippen LogP) is -1.98. The first-order valence-electron chi connectivity index (χ1n) is 12.2. The molecule has 17 nitrogen and oxygen atoms in total. The van der Waals surface area contributed by atoms with Crippen LogP contribution in [0.15, 0.2) is 43.0 Å². The van der Waals surface area contributed by atoms with Crippen molar-refractivity contribution in [1.29, 1.82) is 5.26 Å². The van der Waals surface area contributed by atoms with Gasteiger partial charge in [0.15, 0.2) is 29.9 Å². The van der Waals surface area contributed by atoms with Gasteiger partial charge in [-0.1, -0.05) is 0 Å². The molecule has 2 fully saturated rings. The maximum Gasteiger partial charge on any atom is 0.472 e. The number of aliphatic hydroxyl groups excluding tert-OH is 3. The standard InChI is InChI=1S/C23H26N7O10P/c24-10-23(17-4-3-13-20(25)27-11-28-30(13)17)6-14(31)15(40-23)8-37-41(35,36)38-9-16-18(32)19(33)22(39-16)29-5-1-2-12(7-29)21(26)34/h1-5,7,11,14-16,18-19,22,31-33H,6,8-9H2,(H4-,25,26,27,28,34,35,36)/p+1/t14-,15+,16+,18+,19+,22+,23-/m0/s1. The number of pyridine rings is 1. The molecule has 2 aliphatic heterocycles. The summed E-state index contributed by atoms with van der Waals surface area (Å²) >= 11 is 0. The third-order valence-corrected chi connectivity index (χ3v) is 7.85. The predicted molar refractivity (Wildman–Crippen MR) is 133 cm³/mol. The van der Waals surface area contributed by atoms with E-state index in [0.717, 1.165) is 0 Å². The molecule has 3 aromatic rings. The van der Waals surface area contributed by atoms with Crippen molar-refractivity contribution in [3.63, 3.8) is 0 Å². The fraction of sp³-hybridized carbons (Fsp3) is 0.435. The number of nitrogen functional groups attached to an aromatic ring is 1. The van der Waals surface area contributed by atoms with Crippen molar-refractivity contribution in [2.75, 3.05) is 18.9 Å². The Morgan fingerprint density at radius 1 is 1.24 bits per heavy atom. The second kappa shape index (κ2) is 11.0. The molecule has 0 aliphatic carbocycles. The second-order valence-corrected chi connectivity index (χ2v) is 11.0. The molecule has 2 aliphatic rings. The van der Waals surface area contributed by atoms with Gasteiger partial charge in [-0.05, 0) is 18.2 Å². The minimum atomic E-state index is -4.80. The molecular weight excluding hydrogens is 565 g/mol. The minimum Gasteiger partial charge on any atom is -0.390 e. The summed E-state index contributed by atoms with van der Waals surface area (Å²) in [5.74, 6) is -0.543. The molecule has 0 aromatic carbocycles. The lowest BCUT2D eigenvalue weighted by Gasteiger charge is -2.22. The van der Waals surface area contributed by atoms with Crippen LogP contribution in [-0.4, -0.2) is 84.5 Å². The van der Waals surface area contributed by atoms with Crippen LogP contribution in [0.2, 0.25) is 0 Å². The summed E-state index contributed by atoms with van der Waals surface area (Å²) in [6, 6.07) is 8.11. The fourth-order valence-electron chi connectivity index (χ4n) is 4.79. The highest BCUT2D eigenvalue weighted by atomic mass is 31.2. The molecule has 41 heavy (non-hydrogen) atoms. The van der Waals surface area contributed by atoms with E-state index in [1.807, 2.05) is 6.07 Å². The number of primary amides is 1. The van der Waals surface area contributed by atoms with E-state index in [1.54, 1.807) is 12.1 Å². The highest BCUT2D eigenvalue weighted by molar-refractivity contribution is 7.47. The number of nitrogens with two attached hydrogens (primary N) is 2. The average molecular weight is 592 g/mol. The van der Waals surface area contributed by atoms with Gasteiger partial charge in [0.25, 0.3) is 12.1 Å². The van der Waals surface area contributed by atoms with Crippen LogP contribution in [0.3, 0.4) is 0 Å². The maximum atomic E-state index is 12.6. The van der Waals surface area contributed by atoms with Gasteiger partial charge in [-0.3, -0.25) is 13.8 Å². The smallest absolute Gasteiger partial charge is 0.390 e. The molecule has 0 bridgehead atoms. The number of nitrogens with zero attached hydrogens (tertiary/aromatic N) is 5. The second-order valence-electron chi connectivity index (χ2n) is 9.54. The van der Waals surface area contributed by atoms with Crippen molar-refractivity contribution in [3.05, 3.63) is 54.2 Å². The monoisotopic (exact) mass is 592 g/mol. The Hall–Kier alpha value is -3.56. The zero-order chi connectivity index (χ0) is 29.5. The summed E-state index contributed by atoms with van der Waals surface area (Å²) in [5, 5.41) is 45.5. The van der Waals surface area contributed by atoms with Crippen LogP contribution >= 0.6 is 7.82 Å². The Morgan fingerprint density at radius 3 is 2.68 bits per heavy atom. The molecule has 0 saturated carbocycles. The van der Waals surface area contributed by atoms with Gasteiger partial charge in [0, 0.05) is 12.5 Å². The van der Waals surface area contributed by atoms with Gasteiger partial charge in [-0.2, -0.15) is 14.9 Å². The number of amides is 1. The molecular formula is C23H27N7O10P+. The zero-order valence-electron chi connectivity index (χ0n) is 21.2. The Kier molecular flexibility index (Phi) is 7.78. The third kappa shape index (κ3) is 5.53. The van der Waals surface area contributed by atoms with Crippen molar-refractivity contribution in [1.82, 2.24) is 14.6 Å². The Bertz CT molecular complexity index is 1550. The third-order valence-electron chi connectivity index (χ3n) is 6.90. The number of carbonyl (C=O) groups excluding carboxylic acids is 1. The summed E-state index contributed by atoms with van der Waals surface area (Å²) in [6.45, 7) is -1.29. The van der Waals surface area contributed by atoms with Crippen molar-refractivity contribution in [2.24, 2.45) is 5.73 Å².